The molecule has 0 heterocycles. The van der Waals surface area contributed by atoms with E-state index < -0.39 is 17.8 Å². The molecule has 5 heteroatoms. The van der Waals surface area contributed by atoms with Gasteiger partial charge < -0.3 is 10.8 Å². The first-order chi connectivity index (χ1) is 7.45. The van der Waals surface area contributed by atoms with E-state index in [1.807, 2.05) is 0 Å². The Labute approximate surface area is 91.9 Å². The molecule has 0 saturated carbocycles. The second-order valence-corrected chi connectivity index (χ2v) is 3.60. The Morgan fingerprint density at radius 1 is 1.31 bits per heavy atom. The third-order valence-corrected chi connectivity index (χ3v) is 2.32. The maximum Gasteiger partial charge on any atom is 0.416 e. The smallest absolute Gasteiger partial charge is 0.396 e. The lowest BCUT2D eigenvalue weighted by molar-refractivity contribution is -0.137. The molecule has 0 fully saturated rings. The molecule has 0 saturated heterocycles. The normalized spacial score (nSPS) is 13.8. The van der Waals surface area contributed by atoms with E-state index in [-0.39, 0.29) is 6.61 Å². The number of halogens is 3. The van der Waals surface area contributed by atoms with E-state index in [0.717, 1.165) is 12.1 Å². The van der Waals surface area contributed by atoms with Gasteiger partial charge in [-0.05, 0) is 30.5 Å². The van der Waals surface area contributed by atoms with Gasteiger partial charge in [0.1, 0.15) is 0 Å². The Hall–Kier alpha value is -1.07. The molecule has 0 aromatic heterocycles. The van der Waals surface area contributed by atoms with Crippen LogP contribution in [-0.4, -0.2) is 11.7 Å². The largest absolute Gasteiger partial charge is 0.416 e. The Kier molecular flexibility index (Phi) is 4.32. The van der Waals surface area contributed by atoms with Crippen molar-refractivity contribution in [1.82, 2.24) is 0 Å². The molecule has 1 atom stereocenters. The molecule has 0 aliphatic rings. The first-order valence-corrected chi connectivity index (χ1v) is 4.98. The van der Waals surface area contributed by atoms with Crippen molar-refractivity contribution in [3.8, 4) is 0 Å². The van der Waals surface area contributed by atoms with Gasteiger partial charge in [-0.1, -0.05) is 12.1 Å². The molecule has 2 nitrogen and oxygen atoms in total. The van der Waals surface area contributed by atoms with Gasteiger partial charge in [-0.25, -0.2) is 0 Å². The summed E-state index contributed by atoms with van der Waals surface area (Å²) in [5.74, 6) is 0. The number of aliphatic hydroxyl groups is 1. The molecule has 0 unspecified atom stereocenters. The van der Waals surface area contributed by atoms with Gasteiger partial charge in [-0.2, -0.15) is 13.2 Å². The maximum absolute atomic E-state index is 12.4. The third kappa shape index (κ3) is 3.50. The maximum atomic E-state index is 12.4. The van der Waals surface area contributed by atoms with Gasteiger partial charge in [0.05, 0.1) is 5.56 Å². The Balaban J connectivity index is 2.82. The van der Waals surface area contributed by atoms with E-state index >= 15 is 0 Å². The van der Waals surface area contributed by atoms with Crippen LogP contribution in [0.1, 0.15) is 30.0 Å². The van der Waals surface area contributed by atoms with E-state index in [1.54, 1.807) is 6.07 Å². The van der Waals surface area contributed by atoms with Crippen molar-refractivity contribution in [1.29, 1.82) is 0 Å². The first kappa shape index (κ1) is 13.0. The molecule has 16 heavy (non-hydrogen) atoms. The van der Waals surface area contributed by atoms with Gasteiger partial charge in [0.2, 0.25) is 0 Å². The Morgan fingerprint density at radius 3 is 2.56 bits per heavy atom. The zero-order valence-corrected chi connectivity index (χ0v) is 8.67. The Morgan fingerprint density at radius 2 is 2.00 bits per heavy atom. The third-order valence-electron chi connectivity index (χ3n) is 2.32. The molecule has 0 radical (unpaired) electrons. The van der Waals surface area contributed by atoms with E-state index in [4.69, 9.17) is 10.8 Å². The summed E-state index contributed by atoms with van der Waals surface area (Å²) in [4.78, 5) is 0. The summed E-state index contributed by atoms with van der Waals surface area (Å²) in [6.07, 6.45) is -3.39. The summed E-state index contributed by atoms with van der Waals surface area (Å²) in [5, 5.41) is 8.61. The number of rotatable bonds is 4. The molecule has 1 aromatic carbocycles. The number of nitrogens with two attached hydrogens (primary N) is 1. The average molecular weight is 233 g/mol. The second-order valence-electron chi connectivity index (χ2n) is 3.60. The van der Waals surface area contributed by atoms with Crippen molar-refractivity contribution >= 4 is 0 Å². The van der Waals surface area contributed by atoms with Crippen molar-refractivity contribution in [3.05, 3.63) is 35.4 Å². The lowest BCUT2D eigenvalue weighted by Gasteiger charge is -2.13. The van der Waals surface area contributed by atoms with Crippen LogP contribution >= 0.6 is 0 Å². The lowest BCUT2D eigenvalue weighted by atomic mass is 10.0. The first-order valence-electron chi connectivity index (χ1n) is 4.98. The monoisotopic (exact) mass is 233 g/mol. The topological polar surface area (TPSA) is 46.2 Å². The van der Waals surface area contributed by atoms with E-state index in [1.165, 1.54) is 6.07 Å². The fourth-order valence-corrected chi connectivity index (χ4v) is 1.42. The van der Waals surface area contributed by atoms with Crippen molar-refractivity contribution in [2.24, 2.45) is 5.73 Å². The van der Waals surface area contributed by atoms with E-state index in [9.17, 15) is 13.2 Å². The summed E-state index contributed by atoms with van der Waals surface area (Å²) in [5.41, 5.74) is 5.47. The number of hydrogen-bond acceptors (Lipinski definition) is 2. The number of alkyl halides is 3. The Bertz CT molecular complexity index is 338. The van der Waals surface area contributed by atoms with Gasteiger partial charge in [0, 0.05) is 12.6 Å². The highest BCUT2D eigenvalue weighted by Gasteiger charge is 2.30. The van der Waals surface area contributed by atoms with Gasteiger partial charge in [-0.15, -0.1) is 0 Å². The number of benzene rings is 1. The highest BCUT2D eigenvalue weighted by molar-refractivity contribution is 5.27. The quantitative estimate of drug-likeness (QED) is 0.839. The summed E-state index contributed by atoms with van der Waals surface area (Å²) in [6, 6.07) is 4.52. The minimum absolute atomic E-state index is 0.00728. The molecule has 90 valence electrons. The van der Waals surface area contributed by atoms with Crippen molar-refractivity contribution in [2.45, 2.75) is 25.1 Å². The summed E-state index contributed by atoms with van der Waals surface area (Å²) < 4.78 is 37.2. The van der Waals surface area contributed by atoms with Crippen molar-refractivity contribution < 1.29 is 18.3 Å². The molecule has 0 amide bonds. The SMILES string of the molecule is N[C@H](CCCO)c1cccc(C(F)(F)F)c1. The second kappa shape index (κ2) is 5.32. The number of hydrogen-bond donors (Lipinski definition) is 2. The predicted octanol–water partition coefficient (Wildman–Crippen LogP) is 2.48. The van der Waals surface area contributed by atoms with Crippen LogP contribution in [0.25, 0.3) is 0 Å². The van der Waals surface area contributed by atoms with Crippen LogP contribution in [0.2, 0.25) is 0 Å². The summed E-state index contributed by atoms with van der Waals surface area (Å²) >= 11 is 0. The van der Waals surface area contributed by atoms with Crippen LogP contribution in [0.5, 0.6) is 0 Å². The molecular weight excluding hydrogens is 219 g/mol. The standard InChI is InChI=1S/C11H14F3NO/c12-11(13,14)9-4-1-3-8(7-9)10(15)5-2-6-16/h1,3-4,7,10,16H,2,5-6,15H2/t10-/m1/s1. The van der Waals surface area contributed by atoms with E-state index in [0.29, 0.717) is 18.4 Å². The van der Waals surface area contributed by atoms with Crippen LogP contribution in [0, 0.1) is 0 Å². The highest BCUT2D eigenvalue weighted by Crippen LogP contribution is 2.30. The molecule has 1 aromatic rings. The summed E-state index contributed by atoms with van der Waals surface area (Å²) in [6.45, 7) is -0.00728. The molecule has 0 aliphatic heterocycles. The van der Waals surface area contributed by atoms with Crippen LogP contribution in [-0.2, 0) is 6.18 Å². The zero-order valence-electron chi connectivity index (χ0n) is 8.67. The van der Waals surface area contributed by atoms with Crippen LogP contribution in [0.3, 0.4) is 0 Å². The van der Waals surface area contributed by atoms with Crippen LogP contribution < -0.4 is 5.73 Å². The van der Waals surface area contributed by atoms with Gasteiger partial charge in [-0.3, -0.25) is 0 Å². The number of aliphatic hydroxyl groups excluding tert-OH is 1. The average Bonchev–Trinajstić information content (AvgIpc) is 2.25. The van der Waals surface area contributed by atoms with Crippen molar-refractivity contribution in [2.75, 3.05) is 6.61 Å². The highest BCUT2D eigenvalue weighted by atomic mass is 19.4. The predicted molar refractivity (Wildman–Crippen MR) is 54.7 cm³/mol. The molecule has 1 rings (SSSR count). The molecular formula is C11H14F3NO. The fraction of sp³-hybridized carbons (Fsp3) is 0.455. The van der Waals surface area contributed by atoms with Gasteiger partial charge >= 0.3 is 6.18 Å². The fourth-order valence-electron chi connectivity index (χ4n) is 1.42. The molecule has 3 N–H and O–H groups in total. The van der Waals surface area contributed by atoms with Crippen LogP contribution in [0.15, 0.2) is 24.3 Å². The zero-order chi connectivity index (χ0) is 12.2. The minimum Gasteiger partial charge on any atom is -0.396 e. The van der Waals surface area contributed by atoms with Gasteiger partial charge in [0.25, 0.3) is 0 Å². The molecule has 0 aliphatic carbocycles. The lowest BCUT2D eigenvalue weighted by Crippen LogP contribution is -2.13. The minimum atomic E-state index is -4.34. The van der Waals surface area contributed by atoms with Gasteiger partial charge in [0.15, 0.2) is 0 Å². The summed E-state index contributed by atoms with van der Waals surface area (Å²) in [7, 11) is 0. The van der Waals surface area contributed by atoms with Crippen molar-refractivity contribution in [3.63, 3.8) is 0 Å². The molecule has 0 spiro atoms. The molecule has 0 bridgehead atoms. The van der Waals surface area contributed by atoms with Crippen LogP contribution in [0.4, 0.5) is 13.2 Å². The van der Waals surface area contributed by atoms with E-state index in [2.05, 4.69) is 0 Å².